The Hall–Kier alpha value is -2.49. The van der Waals surface area contributed by atoms with Crippen molar-refractivity contribution in [2.45, 2.75) is 18.2 Å². The summed E-state index contributed by atoms with van der Waals surface area (Å²) in [6.07, 6.45) is -0.294. The fraction of sp³-hybridized carbons (Fsp3) is 0.136. The highest BCUT2D eigenvalue weighted by molar-refractivity contribution is 6.30. The number of hydrogen-bond acceptors (Lipinski definition) is 2. The zero-order chi connectivity index (χ0) is 17.7. The molecule has 5 rings (SSSR count). The molecule has 4 heteroatoms. The van der Waals surface area contributed by atoms with Crippen molar-refractivity contribution in [2.24, 2.45) is 4.99 Å². The number of hydrogen-bond donors (Lipinski definition) is 0. The Labute approximate surface area is 156 Å². The molecule has 0 amide bonds. The third-order valence-corrected chi connectivity index (χ3v) is 5.39. The standard InChI is InChI=1S/C22H16ClFN2/c23-16-12-10-15(11-13-16)20-21-19(14-6-2-1-3-7-14)25-22(26(20)21)17-8-4-5-9-18(17)24/h1-13,20-22H/t20-,21+,22-,26?/m1/s1. The van der Waals surface area contributed by atoms with E-state index in [1.165, 1.54) is 11.6 Å². The normalized spacial score (nSPS) is 26.3. The molecule has 0 saturated carbocycles. The van der Waals surface area contributed by atoms with Crippen LogP contribution in [-0.4, -0.2) is 16.7 Å². The van der Waals surface area contributed by atoms with Crippen LogP contribution in [0.2, 0.25) is 5.02 Å². The van der Waals surface area contributed by atoms with Gasteiger partial charge in [-0.25, -0.2) is 4.39 Å². The second kappa shape index (κ2) is 6.04. The zero-order valence-electron chi connectivity index (χ0n) is 13.9. The molecular weight excluding hydrogens is 347 g/mol. The van der Waals surface area contributed by atoms with Gasteiger partial charge in [0.25, 0.3) is 0 Å². The lowest BCUT2D eigenvalue weighted by Gasteiger charge is -2.15. The first-order valence-corrected chi connectivity index (χ1v) is 9.02. The number of nitrogens with zero attached hydrogens (tertiary/aromatic N) is 2. The van der Waals surface area contributed by atoms with Gasteiger partial charge in [0.1, 0.15) is 12.0 Å². The van der Waals surface area contributed by atoms with Crippen molar-refractivity contribution in [3.05, 3.63) is 106 Å². The predicted molar refractivity (Wildman–Crippen MR) is 102 cm³/mol. The second-order valence-corrected chi connectivity index (χ2v) is 7.10. The Bertz CT molecular complexity index is 985. The highest BCUT2D eigenvalue weighted by atomic mass is 35.5. The molecule has 0 aromatic heterocycles. The van der Waals surface area contributed by atoms with Gasteiger partial charge in [-0.3, -0.25) is 9.89 Å². The van der Waals surface area contributed by atoms with Crippen molar-refractivity contribution in [2.75, 3.05) is 0 Å². The molecule has 1 unspecified atom stereocenters. The third-order valence-electron chi connectivity index (χ3n) is 5.14. The predicted octanol–water partition coefficient (Wildman–Crippen LogP) is 5.41. The Morgan fingerprint density at radius 2 is 1.50 bits per heavy atom. The van der Waals surface area contributed by atoms with Crippen LogP contribution < -0.4 is 0 Å². The Morgan fingerprint density at radius 3 is 2.23 bits per heavy atom. The van der Waals surface area contributed by atoms with Crippen LogP contribution >= 0.6 is 11.6 Å². The molecule has 0 bridgehead atoms. The van der Waals surface area contributed by atoms with Crippen molar-refractivity contribution in [1.29, 1.82) is 0 Å². The number of rotatable bonds is 3. The van der Waals surface area contributed by atoms with Gasteiger partial charge in [-0.1, -0.05) is 72.3 Å². The van der Waals surface area contributed by atoms with Gasteiger partial charge in [0, 0.05) is 10.6 Å². The molecule has 1 saturated heterocycles. The summed E-state index contributed by atoms with van der Waals surface area (Å²) in [5.41, 5.74) is 3.93. The van der Waals surface area contributed by atoms with Gasteiger partial charge in [0.2, 0.25) is 0 Å². The number of aliphatic imine (C=N–C) groups is 1. The average Bonchev–Trinajstić information content (AvgIpc) is 3.28. The maximum absolute atomic E-state index is 14.4. The quantitative estimate of drug-likeness (QED) is 0.569. The fourth-order valence-electron chi connectivity index (χ4n) is 3.90. The van der Waals surface area contributed by atoms with Crippen LogP contribution in [0.3, 0.4) is 0 Å². The van der Waals surface area contributed by atoms with Crippen LogP contribution in [0, 0.1) is 5.82 Å². The van der Waals surface area contributed by atoms with E-state index in [-0.39, 0.29) is 24.1 Å². The van der Waals surface area contributed by atoms with Gasteiger partial charge in [0.15, 0.2) is 0 Å². The number of halogens is 2. The Morgan fingerprint density at radius 1 is 0.808 bits per heavy atom. The van der Waals surface area contributed by atoms with E-state index in [9.17, 15) is 4.39 Å². The van der Waals surface area contributed by atoms with E-state index >= 15 is 0 Å². The molecule has 128 valence electrons. The topological polar surface area (TPSA) is 15.4 Å². The minimum absolute atomic E-state index is 0.170. The molecule has 0 aliphatic carbocycles. The van der Waals surface area contributed by atoms with Gasteiger partial charge in [-0.2, -0.15) is 0 Å². The maximum Gasteiger partial charge on any atom is 0.132 e. The second-order valence-electron chi connectivity index (χ2n) is 6.66. The molecule has 0 radical (unpaired) electrons. The molecule has 3 aromatic rings. The van der Waals surface area contributed by atoms with Gasteiger partial charge in [0.05, 0.1) is 17.8 Å². The molecule has 26 heavy (non-hydrogen) atoms. The van der Waals surface area contributed by atoms with Gasteiger partial charge in [-0.05, 0) is 29.3 Å². The summed E-state index contributed by atoms with van der Waals surface area (Å²) >= 11 is 6.04. The molecule has 2 aliphatic rings. The summed E-state index contributed by atoms with van der Waals surface area (Å²) in [6.45, 7) is 0. The lowest BCUT2D eigenvalue weighted by molar-refractivity contribution is 0.390. The Kier molecular flexibility index (Phi) is 3.66. The number of fused-ring (bicyclic) bond motifs is 1. The number of benzene rings is 3. The van der Waals surface area contributed by atoms with E-state index in [1.54, 1.807) is 6.07 Å². The summed E-state index contributed by atoms with van der Waals surface area (Å²) in [6, 6.07) is 25.3. The molecule has 2 nitrogen and oxygen atoms in total. The molecule has 2 heterocycles. The van der Waals surface area contributed by atoms with Crippen LogP contribution in [0.1, 0.15) is 28.9 Å². The largest absolute Gasteiger partial charge is 0.263 e. The summed E-state index contributed by atoms with van der Waals surface area (Å²) in [5.74, 6) is -0.212. The first kappa shape index (κ1) is 15.7. The molecule has 0 N–H and O–H groups in total. The highest BCUT2D eigenvalue weighted by Gasteiger charge is 2.59. The van der Waals surface area contributed by atoms with Crippen molar-refractivity contribution in [3.63, 3.8) is 0 Å². The maximum atomic E-state index is 14.4. The van der Waals surface area contributed by atoms with Crippen LogP contribution in [0.5, 0.6) is 0 Å². The van der Waals surface area contributed by atoms with Gasteiger partial charge < -0.3 is 0 Å². The summed E-state index contributed by atoms with van der Waals surface area (Å²) in [7, 11) is 0. The molecule has 1 fully saturated rings. The minimum Gasteiger partial charge on any atom is -0.263 e. The summed E-state index contributed by atoms with van der Waals surface area (Å²) in [5, 5.41) is 0.720. The Balaban J connectivity index is 1.58. The summed E-state index contributed by atoms with van der Waals surface area (Å²) < 4.78 is 14.4. The first-order chi connectivity index (χ1) is 12.7. The van der Waals surface area contributed by atoms with Crippen molar-refractivity contribution < 1.29 is 4.39 Å². The van der Waals surface area contributed by atoms with E-state index in [0.717, 1.165) is 16.3 Å². The monoisotopic (exact) mass is 362 g/mol. The van der Waals surface area contributed by atoms with Crippen molar-refractivity contribution in [1.82, 2.24) is 4.90 Å². The lowest BCUT2D eigenvalue weighted by atomic mass is 10.0. The third kappa shape index (κ3) is 2.47. The lowest BCUT2D eigenvalue weighted by Crippen LogP contribution is -2.09. The molecule has 0 spiro atoms. The molecule has 4 atom stereocenters. The van der Waals surface area contributed by atoms with Crippen molar-refractivity contribution in [3.8, 4) is 0 Å². The van der Waals surface area contributed by atoms with E-state index in [4.69, 9.17) is 16.6 Å². The van der Waals surface area contributed by atoms with Gasteiger partial charge in [-0.15, -0.1) is 0 Å². The van der Waals surface area contributed by atoms with Crippen LogP contribution in [0.15, 0.2) is 83.9 Å². The smallest absolute Gasteiger partial charge is 0.132 e. The first-order valence-electron chi connectivity index (χ1n) is 8.64. The molecule has 3 aromatic carbocycles. The van der Waals surface area contributed by atoms with Gasteiger partial charge >= 0.3 is 0 Å². The SMILES string of the molecule is Fc1ccccc1[C@@H]1N=C(c2ccccc2)[C@H]2[C@@H](c3ccc(Cl)cc3)N12. The minimum atomic E-state index is -0.294. The molecule has 2 aliphatic heterocycles. The van der Waals surface area contributed by atoms with Crippen LogP contribution in [0.25, 0.3) is 0 Å². The zero-order valence-corrected chi connectivity index (χ0v) is 14.6. The van der Waals surface area contributed by atoms with Crippen LogP contribution in [-0.2, 0) is 0 Å². The van der Waals surface area contributed by atoms with E-state index in [1.807, 2.05) is 54.6 Å². The molecular formula is C22H16ClFN2. The highest BCUT2D eigenvalue weighted by Crippen LogP contribution is 2.56. The van der Waals surface area contributed by atoms with Crippen LogP contribution in [0.4, 0.5) is 4.39 Å². The van der Waals surface area contributed by atoms with Crippen molar-refractivity contribution >= 4 is 17.3 Å². The van der Waals surface area contributed by atoms with E-state index in [2.05, 4.69) is 17.0 Å². The summed E-state index contributed by atoms with van der Waals surface area (Å²) in [4.78, 5) is 7.16. The van der Waals surface area contributed by atoms with E-state index < -0.39 is 0 Å². The average molecular weight is 363 g/mol. The fourth-order valence-corrected chi connectivity index (χ4v) is 4.03. The van der Waals surface area contributed by atoms with E-state index in [0.29, 0.717) is 5.56 Å².